The van der Waals surface area contributed by atoms with Crippen molar-refractivity contribution in [2.24, 2.45) is 5.73 Å². The van der Waals surface area contributed by atoms with Gasteiger partial charge in [-0.2, -0.15) is 4.39 Å². The van der Waals surface area contributed by atoms with Gasteiger partial charge in [-0.3, -0.25) is 14.1 Å². The molecule has 0 bridgehead atoms. The van der Waals surface area contributed by atoms with Gasteiger partial charge in [0.2, 0.25) is 6.80 Å². The highest BCUT2D eigenvalue weighted by atomic mass is 35.5. The van der Waals surface area contributed by atoms with E-state index in [-0.39, 0.29) is 35.9 Å². The molecule has 0 rings (SSSR count). The molecule has 0 saturated heterocycles. The minimum atomic E-state index is -1.17. The lowest BCUT2D eigenvalue weighted by molar-refractivity contribution is -0.902. The number of esters is 1. The number of carbonyl (C=O) groups excluding carboxylic acids is 1. The lowest BCUT2D eigenvalue weighted by atomic mass is 10.2. The molecule has 0 aliphatic rings. The van der Waals surface area contributed by atoms with E-state index in [1.54, 1.807) is 14.1 Å². The number of nitrogens with two attached hydrogens (primary N) is 1. The van der Waals surface area contributed by atoms with E-state index in [1.807, 2.05) is 0 Å². The number of carbonyl (C=O) groups is 2. The van der Waals surface area contributed by atoms with E-state index in [0.29, 0.717) is 6.54 Å². The van der Waals surface area contributed by atoms with Gasteiger partial charge in [-0.05, 0) is 0 Å². The molecule has 110 valence electrons. The predicted octanol–water partition coefficient (Wildman–Crippen LogP) is -3.24. The molecular formula is C9H19Cl2FN2O4. The molecule has 0 aromatic rings. The average molecular weight is 309 g/mol. The van der Waals surface area contributed by atoms with Crippen LogP contribution in [0.2, 0.25) is 0 Å². The molecule has 0 unspecified atom stereocenters. The van der Waals surface area contributed by atoms with E-state index in [1.165, 1.54) is 0 Å². The second-order valence-corrected chi connectivity index (χ2v) is 4.15. The van der Waals surface area contributed by atoms with Crippen LogP contribution in [0.1, 0.15) is 6.42 Å². The zero-order chi connectivity index (χ0) is 12.8. The molecule has 3 N–H and O–H groups in total. The molecule has 0 heterocycles. The molecular weight excluding hydrogens is 290 g/mol. The van der Waals surface area contributed by atoms with Crippen LogP contribution < -0.4 is 18.1 Å². The van der Waals surface area contributed by atoms with Crippen molar-refractivity contribution in [3.05, 3.63) is 0 Å². The fraction of sp³-hybridized carbons (Fsp3) is 0.778. The van der Waals surface area contributed by atoms with E-state index in [2.05, 4.69) is 0 Å². The standard InChI is InChI=1S/C9H17FN2O4.2ClH/c1-12(2,6-10)3-4-16-9(15)7(11)5-8(13)14;;/h7H,3-6,11H2,1-2H3;2*1H/t7-;;/m0../s1. The maximum atomic E-state index is 12.4. The number of hydrogen-bond acceptors (Lipinski definition) is 4. The Morgan fingerprint density at radius 1 is 1.44 bits per heavy atom. The first-order chi connectivity index (χ1) is 7.28. The zero-order valence-electron chi connectivity index (χ0n) is 10.3. The number of carboxylic acid groups (broad SMARTS) is 1. The Balaban J connectivity index is -0.00000112. The van der Waals surface area contributed by atoms with Crippen molar-refractivity contribution in [2.45, 2.75) is 12.5 Å². The summed E-state index contributed by atoms with van der Waals surface area (Å²) in [5.41, 5.74) is 5.27. The second-order valence-electron chi connectivity index (χ2n) is 4.15. The van der Waals surface area contributed by atoms with Crippen LogP contribution in [0.3, 0.4) is 0 Å². The van der Waals surface area contributed by atoms with Gasteiger partial charge in [-0.15, -0.1) is 12.4 Å². The Labute approximate surface area is 118 Å². The van der Waals surface area contributed by atoms with Gasteiger partial charge in [0.15, 0.2) is 0 Å². The van der Waals surface area contributed by atoms with Crippen LogP contribution in [0.5, 0.6) is 0 Å². The quantitative estimate of drug-likeness (QED) is 0.293. The smallest absolute Gasteiger partial charge is 0.323 e. The molecule has 1 atom stereocenters. The van der Waals surface area contributed by atoms with E-state index >= 15 is 0 Å². The first-order valence-electron chi connectivity index (χ1n) is 4.80. The van der Waals surface area contributed by atoms with Crippen molar-refractivity contribution in [1.82, 2.24) is 0 Å². The molecule has 0 radical (unpaired) electrons. The average Bonchev–Trinajstić information content (AvgIpc) is 2.16. The third-order valence-electron chi connectivity index (χ3n) is 1.96. The summed E-state index contributed by atoms with van der Waals surface area (Å²) in [6.45, 7) is -0.246. The fourth-order valence-electron chi connectivity index (χ4n) is 0.832. The number of aliphatic carboxylic acids is 1. The summed E-state index contributed by atoms with van der Waals surface area (Å²) in [6.07, 6.45) is -0.472. The van der Waals surface area contributed by atoms with Crippen molar-refractivity contribution < 1.29 is 40.7 Å². The number of rotatable bonds is 7. The molecule has 9 heteroatoms. The molecule has 0 aliphatic heterocycles. The highest BCUT2D eigenvalue weighted by Gasteiger charge is 2.20. The Morgan fingerprint density at radius 3 is 2.33 bits per heavy atom. The van der Waals surface area contributed by atoms with E-state index < -0.39 is 31.2 Å². The van der Waals surface area contributed by atoms with Crippen molar-refractivity contribution in [3.8, 4) is 0 Å². The minimum Gasteiger partial charge on any atom is -1.00 e. The molecule has 0 aromatic heterocycles. The lowest BCUT2D eigenvalue weighted by Gasteiger charge is -2.25. The number of hydrogen-bond donors (Lipinski definition) is 2. The van der Waals surface area contributed by atoms with Gasteiger partial charge < -0.3 is 28.0 Å². The molecule has 0 aromatic carbocycles. The summed E-state index contributed by atoms with van der Waals surface area (Å²) in [4.78, 5) is 21.4. The van der Waals surface area contributed by atoms with Crippen molar-refractivity contribution >= 4 is 24.3 Å². The third kappa shape index (κ3) is 10.5. The first-order valence-corrected chi connectivity index (χ1v) is 4.80. The van der Waals surface area contributed by atoms with Gasteiger partial charge in [-0.25, -0.2) is 0 Å². The maximum Gasteiger partial charge on any atom is 0.323 e. The molecule has 0 saturated carbocycles. The van der Waals surface area contributed by atoms with Crippen molar-refractivity contribution in [2.75, 3.05) is 34.0 Å². The number of carboxylic acids is 1. The van der Waals surface area contributed by atoms with Gasteiger partial charge in [-0.1, -0.05) is 0 Å². The largest absolute Gasteiger partial charge is 1.00 e. The molecule has 0 spiro atoms. The van der Waals surface area contributed by atoms with E-state index in [9.17, 15) is 14.0 Å². The van der Waals surface area contributed by atoms with Gasteiger partial charge >= 0.3 is 11.9 Å². The van der Waals surface area contributed by atoms with Crippen LogP contribution in [-0.4, -0.2) is 61.6 Å². The van der Waals surface area contributed by atoms with E-state index in [0.717, 1.165) is 0 Å². The van der Waals surface area contributed by atoms with Crippen molar-refractivity contribution in [1.29, 1.82) is 0 Å². The predicted molar refractivity (Wildman–Crippen MR) is 61.4 cm³/mol. The van der Waals surface area contributed by atoms with Gasteiger partial charge in [0.1, 0.15) is 19.2 Å². The highest BCUT2D eigenvalue weighted by molar-refractivity contribution is 5.85. The summed E-state index contributed by atoms with van der Waals surface area (Å²) in [7, 11) is 3.29. The number of ether oxygens (including phenoxy) is 1. The van der Waals surface area contributed by atoms with Crippen LogP contribution in [0.4, 0.5) is 4.39 Å². The maximum absolute atomic E-state index is 12.4. The first kappa shape index (κ1) is 22.5. The van der Waals surface area contributed by atoms with Crippen LogP contribution in [0.25, 0.3) is 0 Å². The minimum absolute atomic E-state index is 0. The Bertz CT molecular complexity index is 267. The second kappa shape index (κ2) is 10.3. The molecule has 0 amide bonds. The summed E-state index contributed by atoms with van der Waals surface area (Å²) in [6, 6.07) is -1.17. The normalized spacial score (nSPS) is 11.8. The van der Waals surface area contributed by atoms with Crippen LogP contribution in [0.15, 0.2) is 0 Å². The molecule has 0 aliphatic carbocycles. The van der Waals surface area contributed by atoms with Gasteiger partial charge in [0.25, 0.3) is 0 Å². The third-order valence-corrected chi connectivity index (χ3v) is 1.96. The summed E-state index contributed by atoms with van der Waals surface area (Å²) >= 11 is 0. The van der Waals surface area contributed by atoms with E-state index in [4.69, 9.17) is 15.6 Å². The number of halogens is 3. The highest BCUT2D eigenvalue weighted by Crippen LogP contribution is 1.98. The topological polar surface area (TPSA) is 89.6 Å². The summed E-state index contributed by atoms with van der Waals surface area (Å²) in [5.74, 6) is -1.94. The summed E-state index contributed by atoms with van der Waals surface area (Å²) in [5, 5.41) is 8.39. The Kier molecular flexibility index (Phi) is 12.9. The zero-order valence-corrected chi connectivity index (χ0v) is 11.8. The van der Waals surface area contributed by atoms with Crippen molar-refractivity contribution in [3.63, 3.8) is 0 Å². The van der Waals surface area contributed by atoms with Crippen LogP contribution in [-0.2, 0) is 14.3 Å². The Morgan fingerprint density at radius 2 is 1.94 bits per heavy atom. The summed E-state index contributed by atoms with van der Waals surface area (Å²) < 4.78 is 17.2. The number of nitrogens with zero attached hydrogens (tertiary/aromatic N) is 1. The number of quaternary nitrogens is 1. The monoisotopic (exact) mass is 308 g/mol. The molecule has 6 nitrogen and oxygen atoms in total. The van der Waals surface area contributed by atoms with Crippen LogP contribution in [0, 0.1) is 0 Å². The fourth-order valence-corrected chi connectivity index (χ4v) is 0.832. The number of alkyl halides is 1. The number of likely N-dealkylation sites (N-methyl/N-ethyl adjacent to an activating group) is 1. The molecule has 18 heavy (non-hydrogen) atoms. The van der Waals surface area contributed by atoms with Gasteiger partial charge in [0.05, 0.1) is 20.5 Å². The lowest BCUT2D eigenvalue weighted by Crippen LogP contribution is -3.00. The Hall–Kier alpha value is -0.630. The SMILES string of the molecule is C[N+](C)(CF)CCOC(=O)[C@@H](N)CC(=O)O.Cl.[Cl-]. The van der Waals surface area contributed by atoms with Crippen LogP contribution >= 0.6 is 12.4 Å². The van der Waals surface area contributed by atoms with Gasteiger partial charge in [0, 0.05) is 0 Å². The molecule has 0 fully saturated rings.